The van der Waals surface area contributed by atoms with Crippen molar-refractivity contribution in [3.8, 4) is 0 Å². The van der Waals surface area contributed by atoms with Gasteiger partial charge in [-0.15, -0.1) is 0 Å². The van der Waals surface area contributed by atoms with Crippen LogP contribution in [0.2, 0.25) is 0 Å². The van der Waals surface area contributed by atoms with Gasteiger partial charge in [-0.05, 0) is 81.8 Å². The van der Waals surface area contributed by atoms with Crippen LogP contribution >= 0.6 is 0 Å². The average Bonchev–Trinajstić information content (AvgIpc) is 3.73. The van der Waals surface area contributed by atoms with Crippen molar-refractivity contribution >= 4 is 17.9 Å². The predicted molar refractivity (Wildman–Crippen MR) is 143 cm³/mol. The Morgan fingerprint density at radius 3 is 1.84 bits per heavy atom. The number of halogens is 9. The zero-order valence-corrected chi connectivity index (χ0v) is 24.6. The quantitative estimate of drug-likeness (QED) is 0.292. The molecule has 6 nitrogen and oxygen atoms in total. The Balaban J connectivity index is 1.97. The summed E-state index contributed by atoms with van der Waals surface area (Å²) in [5.41, 5.74) is -4.35. The molecule has 1 heterocycles. The summed E-state index contributed by atoms with van der Waals surface area (Å²) in [7, 11) is 0. The van der Waals surface area contributed by atoms with Crippen LogP contribution in [0, 0.1) is 11.8 Å². The Kier molecular flexibility index (Phi) is 9.33. The van der Waals surface area contributed by atoms with E-state index in [0.717, 1.165) is 4.90 Å². The molecular weight excluding hydrogens is 623 g/mol. The van der Waals surface area contributed by atoms with Crippen LogP contribution < -0.4 is 4.90 Å². The zero-order valence-electron chi connectivity index (χ0n) is 24.6. The topological polar surface area (TPSA) is 59.1 Å². The van der Waals surface area contributed by atoms with Gasteiger partial charge in [0.1, 0.15) is 5.92 Å². The van der Waals surface area contributed by atoms with Gasteiger partial charge in [-0.25, -0.2) is 9.59 Å². The van der Waals surface area contributed by atoms with E-state index < -0.39 is 90.1 Å². The van der Waals surface area contributed by atoms with E-state index in [-0.39, 0.29) is 17.3 Å². The second-order valence-corrected chi connectivity index (χ2v) is 11.7. The SMILES string of the molecule is CC(C)OC(=O)N(Cc1cc(C(F)(F)F)cc(C(F)(F)F)c1)C1c2ccccc2N(C(=O)OC(C)C)[C@H](C2CC2)[C@@H]1C(F)(F)F. The molecule has 0 radical (unpaired) electrons. The van der Waals surface area contributed by atoms with E-state index >= 15 is 13.2 Å². The normalized spacial score (nSPS) is 20.7. The second kappa shape index (κ2) is 12.3. The van der Waals surface area contributed by atoms with Crippen molar-refractivity contribution in [1.82, 2.24) is 4.90 Å². The summed E-state index contributed by atoms with van der Waals surface area (Å²) in [4.78, 5) is 28.3. The highest BCUT2D eigenvalue weighted by Crippen LogP contribution is 2.56. The van der Waals surface area contributed by atoms with Gasteiger partial charge in [-0.1, -0.05) is 18.2 Å². The fourth-order valence-corrected chi connectivity index (χ4v) is 5.67. The standard InChI is InChI=1S/C30H31F9N2O4/c1-15(2)44-26(42)40(14-17-11-19(28(31,32)33)13-20(12-17)29(34,35)36)25-21-7-5-6-8-22(21)41(27(43)45-16(3)4)24(18-9-10-18)23(25)30(37,38)39/h5-8,11-13,15-16,18,23-25H,9-10,14H2,1-4H3/t23-,24+,25?/m0/s1. The van der Waals surface area contributed by atoms with Gasteiger partial charge in [-0.2, -0.15) is 39.5 Å². The van der Waals surface area contributed by atoms with Gasteiger partial charge in [0.15, 0.2) is 0 Å². The van der Waals surface area contributed by atoms with E-state index in [0.29, 0.717) is 29.9 Å². The molecule has 0 spiro atoms. The number of carbonyl (C=O) groups excluding carboxylic acids is 2. The first-order chi connectivity index (χ1) is 20.7. The average molecular weight is 655 g/mol. The molecule has 15 heteroatoms. The molecule has 2 aromatic rings. The number of alkyl halides is 9. The Bertz CT molecular complexity index is 1370. The molecule has 45 heavy (non-hydrogen) atoms. The molecule has 2 aliphatic rings. The van der Waals surface area contributed by atoms with Crippen LogP contribution in [0.15, 0.2) is 42.5 Å². The van der Waals surface area contributed by atoms with Crippen LogP contribution in [0.25, 0.3) is 0 Å². The summed E-state index contributed by atoms with van der Waals surface area (Å²) in [6.45, 7) is 4.69. The number of hydrogen-bond acceptors (Lipinski definition) is 4. The maximum absolute atomic E-state index is 15.2. The van der Waals surface area contributed by atoms with Gasteiger partial charge in [0.2, 0.25) is 0 Å². The van der Waals surface area contributed by atoms with Crippen LogP contribution in [0.5, 0.6) is 0 Å². The third-order valence-corrected chi connectivity index (χ3v) is 7.44. The van der Waals surface area contributed by atoms with Crippen LogP contribution in [0.3, 0.4) is 0 Å². The number of fused-ring (bicyclic) bond motifs is 1. The maximum atomic E-state index is 15.2. The van der Waals surface area contributed by atoms with Crippen LogP contribution in [0.4, 0.5) is 54.8 Å². The Hall–Kier alpha value is -3.65. The summed E-state index contributed by atoms with van der Waals surface area (Å²) in [6, 6.07) is 2.37. The fourth-order valence-electron chi connectivity index (χ4n) is 5.67. The number of rotatable bonds is 6. The van der Waals surface area contributed by atoms with Crippen LogP contribution in [-0.2, 0) is 28.4 Å². The smallest absolute Gasteiger partial charge is 0.416 e. The number of hydrogen-bond donors (Lipinski definition) is 0. The van der Waals surface area contributed by atoms with Gasteiger partial charge in [0, 0.05) is 6.54 Å². The molecule has 0 aromatic heterocycles. The van der Waals surface area contributed by atoms with Gasteiger partial charge < -0.3 is 9.47 Å². The van der Waals surface area contributed by atoms with Gasteiger partial charge in [-0.3, -0.25) is 9.80 Å². The molecule has 1 aliphatic heterocycles. The Morgan fingerprint density at radius 2 is 1.38 bits per heavy atom. The number of carbonyl (C=O) groups is 2. The zero-order chi connectivity index (χ0) is 33.6. The van der Waals surface area contributed by atoms with Crippen LogP contribution in [-0.4, -0.2) is 41.5 Å². The predicted octanol–water partition coefficient (Wildman–Crippen LogP) is 9.13. The lowest BCUT2D eigenvalue weighted by Gasteiger charge is -2.49. The van der Waals surface area contributed by atoms with Gasteiger partial charge in [0.25, 0.3) is 0 Å². The van der Waals surface area contributed by atoms with Crippen molar-refractivity contribution in [2.24, 2.45) is 11.8 Å². The van der Waals surface area contributed by atoms with Crippen molar-refractivity contribution in [3.05, 3.63) is 64.7 Å². The highest BCUT2D eigenvalue weighted by Gasteiger charge is 2.62. The largest absolute Gasteiger partial charge is 0.447 e. The molecule has 4 rings (SSSR count). The molecule has 3 atom stereocenters. The monoisotopic (exact) mass is 654 g/mol. The van der Waals surface area contributed by atoms with E-state index in [1.165, 1.54) is 52.0 Å². The first kappa shape index (κ1) is 34.2. The minimum Gasteiger partial charge on any atom is -0.447 e. The number of para-hydroxylation sites is 1. The molecule has 248 valence electrons. The number of nitrogens with zero attached hydrogens (tertiary/aromatic N) is 2. The number of ether oxygens (including phenoxy) is 2. The second-order valence-electron chi connectivity index (χ2n) is 11.7. The van der Waals surface area contributed by atoms with E-state index in [1.54, 1.807) is 0 Å². The summed E-state index contributed by atoms with van der Waals surface area (Å²) in [6.07, 6.45) is -19.0. The van der Waals surface area contributed by atoms with Crippen LogP contribution in [0.1, 0.15) is 68.8 Å². The first-order valence-electron chi connectivity index (χ1n) is 14.1. The Morgan fingerprint density at radius 1 is 0.844 bits per heavy atom. The molecule has 0 N–H and O–H groups in total. The highest BCUT2D eigenvalue weighted by atomic mass is 19.4. The molecule has 2 amide bonds. The summed E-state index contributed by atoms with van der Waals surface area (Å²) in [5.74, 6) is -3.19. The molecule has 0 saturated heterocycles. The molecule has 1 saturated carbocycles. The third-order valence-electron chi connectivity index (χ3n) is 7.44. The van der Waals surface area contributed by atoms with Crippen molar-refractivity contribution in [2.75, 3.05) is 4.90 Å². The molecule has 1 aliphatic carbocycles. The number of benzene rings is 2. The summed E-state index contributed by atoms with van der Waals surface area (Å²) < 4.78 is 138. The van der Waals surface area contributed by atoms with E-state index in [9.17, 15) is 35.9 Å². The molecule has 1 unspecified atom stereocenters. The molecular formula is C30H31F9N2O4. The lowest BCUT2D eigenvalue weighted by Crippen LogP contribution is -2.59. The summed E-state index contributed by atoms with van der Waals surface area (Å²) >= 11 is 0. The minimum atomic E-state index is -5.24. The van der Waals surface area contributed by atoms with E-state index in [2.05, 4.69) is 0 Å². The molecule has 0 bridgehead atoms. The van der Waals surface area contributed by atoms with Crippen molar-refractivity contribution < 1.29 is 58.6 Å². The molecule has 1 fully saturated rings. The summed E-state index contributed by atoms with van der Waals surface area (Å²) in [5, 5.41) is 0. The molecule has 2 aromatic carbocycles. The minimum absolute atomic E-state index is 0.0343. The van der Waals surface area contributed by atoms with E-state index in [4.69, 9.17) is 9.47 Å². The lowest BCUT2D eigenvalue weighted by atomic mass is 9.77. The maximum Gasteiger partial charge on any atom is 0.416 e. The lowest BCUT2D eigenvalue weighted by molar-refractivity contribution is -0.201. The van der Waals surface area contributed by atoms with Gasteiger partial charge >= 0.3 is 30.7 Å². The fraction of sp³-hybridized carbons (Fsp3) is 0.533. The number of amides is 2. The van der Waals surface area contributed by atoms with E-state index in [1.807, 2.05) is 0 Å². The highest BCUT2D eigenvalue weighted by molar-refractivity contribution is 5.91. The Labute approximate surface area is 253 Å². The third kappa shape index (κ3) is 7.60. The first-order valence-corrected chi connectivity index (χ1v) is 14.1. The van der Waals surface area contributed by atoms with Crippen molar-refractivity contribution in [2.45, 2.75) is 89.9 Å². The van der Waals surface area contributed by atoms with Crippen molar-refractivity contribution in [3.63, 3.8) is 0 Å². The van der Waals surface area contributed by atoms with Gasteiger partial charge in [0.05, 0.1) is 41.1 Å². The number of anilines is 1. The van der Waals surface area contributed by atoms with Crippen molar-refractivity contribution in [1.29, 1.82) is 0 Å².